The SMILES string of the molecule is CCC(N)(c1ccc(F)cc1)C(C)N1CCCC1. The molecule has 2 rings (SSSR count). The van der Waals surface area contributed by atoms with Gasteiger partial charge in [-0.15, -0.1) is 0 Å². The number of halogens is 1. The van der Waals surface area contributed by atoms with Crippen LogP contribution in [0.2, 0.25) is 0 Å². The first-order valence-electron chi connectivity index (χ1n) is 6.87. The average Bonchev–Trinajstić information content (AvgIpc) is 2.91. The number of likely N-dealkylation sites (tertiary alicyclic amines) is 1. The predicted molar refractivity (Wildman–Crippen MR) is 72.8 cm³/mol. The van der Waals surface area contributed by atoms with Crippen molar-refractivity contribution in [1.82, 2.24) is 4.90 Å². The van der Waals surface area contributed by atoms with Gasteiger partial charge in [0.2, 0.25) is 0 Å². The highest BCUT2D eigenvalue weighted by molar-refractivity contribution is 5.26. The monoisotopic (exact) mass is 250 g/mol. The van der Waals surface area contributed by atoms with Crippen LogP contribution in [0.25, 0.3) is 0 Å². The van der Waals surface area contributed by atoms with Crippen LogP contribution in [0.3, 0.4) is 0 Å². The molecule has 1 aliphatic rings. The number of rotatable bonds is 4. The van der Waals surface area contributed by atoms with Gasteiger partial charge in [0.25, 0.3) is 0 Å². The van der Waals surface area contributed by atoms with Crippen LogP contribution in [0.1, 0.15) is 38.7 Å². The Morgan fingerprint density at radius 2 is 1.83 bits per heavy atom. The number of nitrogens with two attached hydrogens (primary N) is 1. The lowest BCUT2D eigenvalue weighted by molar-refractivity contribution is 0.156. The minimum Gasteiger partial charge on any atom is -0.320 e. The minimum atomic E-state index is -0.391. The van der Waals surface area contributed by atoms with Crippen molar-refractivity contribution in [2.24, 2.45) is 5.73 Å². The van der Waals surface area contributed by atoms with Gasteiger partial charge in [-0.25, -0.2) is 4.39 Å². The van der Waals surface area contributed by atoms with Crippen LogP contribution in [-0.2, 0) is 5.54 Å². The molecule has 0 amide bonds. The quantitative estimate of drug-likeness (QED) is 0.890. The van der Waals surface area contributed by atoms with E-state index >= 15 is 0 Å². The van der Waals surface area contributed by atoms with Crippen LogP contribution in [0.15, 0.2) is 24.3 Å². The standard InChI is InChI=1S/C15H23FN2/c1-3-15(17,12(2)18-10-4-5-11-18)13-6-8-14(16)9-7-13/h6-9,12H,3-5,10-11,17H2,1-2H3. The van der Waals surface area contributed by atoms with E-state index in [1.54, 1.807) is 0 Å². The molecule has 3 heteroatoms. The van der Waals surface area contributed by atoms with Gasteiger partial charge in [0, 0.05) is 6.04 Å². The summed E-state index contributed by atoms with van der Waals surface area (Å²) in [4.78, 5) is 2.45. The topological polar surface area (TPSA) is 29.3 Å². The summed E-state index contributed by atoms with van der Waals surface area (Å²) in [5, 5.41) is 0. The molecule has 1 aromatic carbocycles. The average molecular weight is 250 g/mol. The Morgan fingerprint density at radius 3 is 2.33 bits per heavy atom. The lowest BCUT2D eigenvalue weighted by Crippen LogP contribution is -2.53. The molecule has 0 bridgehead atoms. The van der Waals surface area contributed by atoms with E-state index in [0.717, 1.165) is 25.1 Å². The lowest BCUT2D eigenvalue weighted by atomic mass is 9.81. The summed E-state index contributed by atoms with van der Waals surface area (Å²) in [7, 11) is 0. The largest absolute Gasteiger partial charge is 0.320 e. The zero-order chi connectivity index (χ0) is 13.2. The summed E-state index contributed by atoms with van der Waals surface area (Å²) < 4.78 is 13.0. The zero-order valence-corrected chi connectivity index (χ0v) is 11.3. The van der Waals surface area contributed by atoms with Gasteiger partial charge < -0.3 is 5.73 Å². The first-order valence-corrected chi connectivity index (χ1v) is 6.87. The molecule has 2 atom stereocenters. The van der Waals surface area contributed by atoms with Gasteiger partial charge in [-0.05, 0) is 57.0 Å². The Kier molecular flexibility index (Phi) is 4.03. The summed E-state index contributed by atoms with van der Waals surface area (Å²) in [6.45, 7) is 6.55. The number of hydrogen-bond acceptors (Lipinski definition) is 2. The van der Waals surface area contributed by atoms with Gasteiger partial charge >= 0.3 is 0 Å². The van der Waals surface area contributed by atoms with Crippen LogP contribution >= 0.6 is 0 Å². The number of nitrogens with zero attached hydrogens (tertiary/aromatic N) is 1. The molecular formula is C15H23FN2. The Bertz CT molecular complexity index is 384. The molecule has 1 heterocycles. The Hall–Kier alpha value is -0.930. The Labute approximate surface area is 109 Å². The van der Waals surface area contributed by atoms with E-state index in [0.29, 0.717) is 0 Å². The second kappa shape index (κ2) is 5.37. The normalized spacial score (nSPS) is 21.8. The van der Waals surface area contributed by atoms with Gasteiger partial charge in [-0.1, -0.05) is 19.1 Å². The second-order valence-electron chi connectivity index (χ2n) is 5.32. The molecule has 0 aliphatic carbocycles. The molecule has 0 aromatic heterocycles. The van der Waals surface area contributed by atoms with Crippen LogP contribution in [-0.4, -0.2) is 24.0 Å². The van der Waals surface area contributed by atoms with Gasteiger partial charge in [0.1, 0.15) is 5.82 Å². The fraction of sp³-hybridized carbons (Fsp3) is 0.600. The molecule has 0 saturated carbocycles. The first kappa shape index (κ1) is 13.5. The van der Waals surface area contributed by atoms with E-state index in [2.05, 4.69) is 18.7 Å². The second-order valence-corrected chi connectivity index (χ2v) is 5.32. The minimum absolute atomic E-state index is 0.203. The van der Waals surface area contributed by atoms with Crippen molar-refractivity contribution in [2.75, 3.05) is 13.1 Å². The van der Waals surface area contributed by atoms with Crippen molar-refractivity contribution in [3.05, 3.63) is 35.6 Å². The van der Waals surface area contributed by atoms with Crippen LogP contribution < -0.4 is 5.73 Å². The van der Waals surface area contributed by atoms with Crippen molar-refractivity contribution in [2.45, 2.75) is 44.7 Å². The van der Waals surface area contributed by atoms with Crippen molar-refractivity contribution in [3.8, 4) is 0 Å². The molecule has 2 N–H and O–H groups in total. The molecule has 2 nitrogen and oxygen atoms in total. The molecule has 1 saturated heterocycles. The van der Waals surface area contributed by atoms with Crippen molar-refractivity contribution < 1.29 is 4.39 Å². The van der Waals surface area contributed by atoms with E-state index in [1.165, 1.54) is 25.0 Å². The molecule has 2 unspecified atom stereocenters. The van der Waals surface area contributed by atoms with E-state index in [1.807, 2.05) is 12.1 Å². The molecule has 1 aliphatic heterocycles. The third kappa shape index (κ3) is 2.43. The number of hydrogen-bond donors (Lipinski definition) is 1. The van der Waals surface area contributed by atoms with E-state index in [-0.39, 0.29) is 11.9 Å². The summed E-state index contributed by atoms with van der Waals surface area (Å²) in [6.07, 6.45) is 3.37. The fourth-order valence-corrected chi connectivity index (χ4v) is 2.96. The van der Waals surface area contributed by atoms with Crippen LogP contribution in [0, 0.1) is 5.82 Å². The van der Waals surface area contributed by atoms with Gasteiger partial charge in [-0.3, -0.25) is 4.90 Å². The maximum atomic E-state index is 13.0. The lowest BCUT2D eigenvalue weighted by Gasteiger charge is -2.40. The summed E-state index contributed by atoms with van der Waals surface area (Å²) in [5.74, 6) is -0.203. The maximum Gasteiger partial charge on any atom is 0.123 e. The number of benzene rings is 1. The smallest absolute Gasteiger partial charge is 0.123 e. The van der Waals surface area contributed by atoms with Crippen molar-refractivity contribution >= 4 is 0 Å². The van der Waals surface area contributed by atoms with E-state index in [9.17, 15) is 4.39 Å². The maximum absolute atomic E-state index is 13.0. The summed E-state index contributed by atoms with van der Waals surface area (Å²) in [6, 6.07) is 6.94. The Morgan fingerprint density at radius 1 is 1.28 bits per heavy atom. The molecule has 0 spiro atoms. The molecule has 18 heavy (non-hydrogen) atoms. The third-order valence-corrected chi connectivity index (χ3v) is 4.40. The summed E-state index contributed by atoms with van der Waals surface area (Å²) in [5.41, 5.74) is 7.27. The molecule has 1 fully saturated rings. The molecule has 1 aromatic rings. The van der Waals surface area contributed by atoms with Crippen molar-refractivity contribution in [3.63, 3.8) is 0 Å². The fourth-order valence-electron chi connectivity index (χ4n) is 2.96. The van der Waals surface area contributed by atoms with E-state index < -0.39 is 5.54 Å². The van der Waals surface area contributed by atoms with Gasteiger partial charge in [0.05, 0.1) is 5.54 Å². The van der Waals surface area contributed by atoms with Crippen LogP contribution in [0.5, 0.6) is 0 Å². The highest BCUT2D eigenvalue weighted by atomic mass is 19.1. The third-order valence-electron chi connectivity index (χ3n) is 4.40. The van der Waals surface area contributed by atoms with Crippen LogP contribution in [0.4, 0.5) is 4.39 Å². The highest BCUT2D eigenvalue weighted by Gasteiger charge is 2.36. The Balaban J connectivity index is 2.25. The first-order chi connectivity index (χ1) is 8.58. The van der Waals surface area contributed by atoms with Crippen molar-refractivity contribution in [1.29, 1.82) is 0 Å². The highest BCUT2D eigenvalue weighted by Crippen LogP contribution is 2.31. The van der Waals surface area contributed by atoms with Gasteiger partial charge in [0.15, 0.2) is 0 Å². The molecule has 0 radical (unpaired) electrons. The van der Waals surface area contributed by atoms with E-state index in [4.69, 9.17) is 5.73 Å². The predicted octanol–water partition coefficient (Wildman–Crippen LogP) is 2.87. The summed E-state index contributed by atoms with van der Waals surface area (Å²) >= 11 is 0. The zero-order valence-electron chi connectivity index (χ0n) is 11.3. The molecular weight excluding hydrogens is 227 g/mol. The molecule has 100 valence electrons. The van der Waals surface area contributed by atoms with Gasteiger partial charge in [-0.2, -0.15) is 0 Å².